The van der Waals surface area contributed by atoms with E-state index in [-0.39, 0.29) is 12.6 Å². The third-order valence-corrected chi connectivity index (χ3v) is 4.74. The summed E-state index contributed by atoms with van der Waals surface area (Å²) >= 11 is 0. The summed E-state index contributed by atoms with van der Waals surface area (Å²) in [6.07, 6.45) is 2.11. The summed E-state index contributed by atoms with van der Waals surface area (Å²) in [5, 5.41) is 13.5. The van der Waals surface area contributed by atoms with Crippen molar-refractivity contribution in [1.82, 2.24) is 10.2 Å². The van der Waals surface area contributed by atoms with Crippen molar-refractivity contribution in [2.24, 2.45) is 0 Å². The summed E-state index contributed by atoms with van der Waals surface area (Å²) in [6, 6.07) is 21.7. The van der Waals surface area contributed by atoms with Gasteiger partial charge in [-0.2, -0.15) is 0 Å². The summed E-state index contributed by atoms with van der Waals surface area (Å²) < 4.78 is 0. The molecule has 122 valence electrons. The number of piperazine rings is 1. The summed E-state index contributed by atoms with van der Waals surface area (Å²) in [7, 11) is 0. The first-order chi connectivity index (χ1) is 11.4. The standard InChI is InChI=1S/C20H26N2O/c23-16-20-19(12-11-17-7-3-1-4-8-17)21-13-14-22(20)15-18-9-5-2-6-10-18/h1-10,19-21,23H,11-16H2/t19-,20-/m1/s1. The highest BCUT2D eigenvalue weighted by Gasteiger charge is 2.30. The first kappa shape index (κ1) is 16.2. The Morgan fingerprint density at radius 2 is 1.61 bits per heavy atom. The third-order valence-electron chi connectivity index (χ3n) is 4.74. The van der Waals surface area contributed by atoms with Crippen molar-refractivity contribution in [3.05, 3.63) is 71.8 Å². The molecular formula is C20H26N2O. The number of nitrogens with zero attached hydrogens (tertiary/aromatic N) is 1. The molecule has 2 aromatic rings. The molecule has 0 amide bonds. The van der Waals surface area contributed by atoms with Gasteiger partial charge in [0.2, 0.25) is 0 Å². The van der Waals surface area contributed by atoms with Crippen molar-refractivity contribution in [3.63, 3.8) is 0 Å². The number of nitrogens with one attached hydrogen (secondary N) is 1. The van der Waals surface area contributed by atoms with Crippen LogP contribution in [0.5, 0.6) is 0 Å². The molecule has 0 aliphatic carbocycles. The molecule has 0 radical (unpaired) electrons. The van der Waals surface area contributed by atoms with E-state index in [2.05, 4.69) is 64.8 Å². The van der Waals surface area contributed by atoms with Gasteiger partial charge in [0.1, 0.15) is 0 Å². The molecule has 3 heteroatoms. The average Bonchev–Trinajstić information content (AvgIpc) is 2.62. The summed E-state index contributed by atoms with van der Waals surface area (Å²) in [4.78, 5) is 2.42. The van der Waals surface area contributed by atoms with E-state index >= 15 is 0 Å². The summed E-state index contributed by atoms with van der Waals surface area (Å²) in [6.45, 7) is 3.10. The van der Waals surface area contributed by atoms with Gasteiger partial charge in [0.05, 0.1) is 6.61 Å². The molecule has 0 unspecified atom stereocenters. The highest BCUT2D eigenvalue weighted by Crippen LogP contribution is 2.17. The zero-order chi connectivity index (χ0) is 15.9. The smallest absolute Gasteiger partial charge is 0.0602 e. The van der Waals surface area contributed by atoms with E-state index in [0.717, 1.165) is 32.5 Å². The number of hydrogen-bond donors (Lipinski definition) is 2. The molecule has 2 aromatic carbocycles. The van der Waals surface area contributed by atoms with E-state index in [4.69, 9.17) is 0 Å². The second kappa shape index (κ2) is 8.25. The normalized spacial score (nSPS) is 22.1. The van der Waals surface area contributed by atoms with E-state index in [1.54, 1.807) is 0 Å². The maximum Gasteiger partial charge on any atom is 0.0602 e. The van der Waals surface area contributed by atoms with Crippen molar-refractivity contribution < 1.29 is 5.11 Å². The molecule has 1 heterocycles. The van der Waals surface area contributed by atoms with Crippen LogP contribution < -0.4 is 5.32 Å². The van der Waals surface area contributed by atoms with Crippen LogP contribution in [0.2, 0.25) is 0 Å². The van der Waals surface area contributed by atoms with Crippen LogP contribution in [0.4, 0.5) is 0 Å². The first-order valence-electron chi connectivity index (χ1n) is 8.53. The van der Waals surface area contributed by atoms with Crippen LogP contribution in [0.3, 0.4) is 0 Å². The van der Waals surface area contributed by atoms with Gasteiger partial charge < -0.3 is 10.4 Å². The maximum atomic E-state index is 9.93. The molecule has 3 rings (SSSR count). The lowest BCUT2D eigenvalue weighted by Gasteiger charge is -2.41. The monoisotopic (exact) mass is 310 g/mol. The van der Waals surface area contributed by atoms with Gasteiger partial charge in [-0.05, 0) is 24.0 Å². The molecule has 0 aromatic heterocycles. The Bertz CT molecular complexity index is 573. The largest absolute Gasteiger partial charge is 0.395 e. The van der Waals surface area contributed by atoms with Gasteiger partial charge in [-0.15, -0.1) is 0 Å². The van der Waals surface area contributed by atoms with Crippen molar-refractivity contribution in [3.8, 4) is 0 Å². The lowest BCUT2D eigenvalue weighted by molar-refractivity contribution is 0.0591. The minimum Gasteiger partial charge on any atom is -0.395 e. The minimum atomic E-state index is 0.188. The number of aliphatic hydroxyl groups excluding tert-OH is 1. The highest BCUT2D eigenvalue weighted by atomic mass is 16.3. The lowest BCUT2D eigenvalue weighted by Crippen LogP contribution is -2.59. The Hall–Kier alpha value is -1.68. The Labute approximate surface area is 139 Å². The Kier molecular flexibility index (Phi) is 5.81. The van der Waals surface area contributed by atoms with Gasteiger partial charge in [-0.25, -0.2) is 0 Å². The molecule has 0 saturated carbocycles. The van der Waals surface area contributed by atoms with Gasteiger partial charge in [-0.1, -0.05) is 60.7 Å². The van der Waals surface area contributed by atoms with Gasteiger partial charge >= 0.3 is 0 Å². The van der Waals surface area contributed by atoms with Crippen LogP contribution in [0.25, 0.3) is 0 Å². The van der Waals surface area contributed by atoms with Crippen LogP contribution in [0.1, 0.15) is 17.5 Å². The van der Waals surface area contributed by atoms with Gasteiger partial charge in [0.15, 0.2) is 0 Å². The Morgan fingerprint density at radius 1 is 0.957 bits per heavy atom. The number of hydrogen-bond acceptors (Lipinski definition) is 3. The number of aryl methyl sites for hydroxylation is 1. The van der Waals surface area contributed by atoms with E-state index in [0.29, 0.717) is 6.04 Å². The molecule has 0 bridgehead atoms. The molecule has 2 atom stereocenters. The Balaban J connectivity index is 1.61. The molecule has 2 N–H and O–H groups in total. The second-order valence-electron chi connectivity index (χ2n) is 6.29. The predicted molar refractivity (Wildman–Crippen MR) is 94.3 cm³/mol. The molecule has 23 heavy (non-hydrogen) atoms. The maximum absolute atomic E-state index is 9.93. The molecular weight excluding hydrogens is 284 g/mol. The van der Waals surface area contributed by atoms with Crippen molar-refractivity contribution in [2.75, 3.05) is 19.7 Å². The Morgan fingerprint density at radius 3 is 2.26 bits per heavy atom. The van der Waals surface area contributed by atoms with E-state index < -0.39 is 0 Å². The highest BCUT2D eigenvalue weighted by molar-refractivity contribution is 5.16. The third kappa shape index (κ3) is 4.41. The van der Waals surface area contributed by atoms with Gasteiger partial charge in [-0.3, -0.25) is 4.90 Å². The van der Waals surface area contributed by atoms with Crippen LogP contribution in [0.15, 0.2) is 60.7 Å². The van der Waals surface area contributed by atoms with E-state index in [1.807, 2.05) is 6.07 Å². The molecule has 1 aliphatic rings. The molecule has 1 aliphatic heterocycles. The van der Waals surface area contributed by atoms with Crippen molar-refractivity contribution in [1.29, 1.82) is 0 Å². The number of benzene rings is 2. The average molecular weight is 310 g/mol. The fourth-order valence-corrected chi connectivity index (χ4v) is 3.47. The van der Waals surface area contributed by atoms with Crippen LogP contribution in [-0.4, -0.2) is 41.8 Å². The van der Waals surface area contributed by atoms with Crippen molar-refractivity contribution >= 4 is 0 Å². The zero-order valence-electron chi connectivity index (χ0n) is 13.6. The van der Waals surface area contributed by atoms with Crippen LogP contribution in [-0.2, 0) is 13.0 Å². The van der Waals surface area contributed by atoms with E-state index in [1.165, 1.54) is 11.1 Å². The molecule has 3 nitrogen and oxygen atoms in total. The SMILES string of the molecule is OC[C@@H]1[C@@H](CCc2ccccc2)NCCN1Cc1ccccc1. The number of rotatable bonds is 6. The van der Waals surface area contributed by atoms with Crippen LogP contribution >= 0.6 is 0 Å². The predicted octanol–water partition coefficient (Wildman–Crippen LogP) is 2.45. The summed E-state index contributed by atoms with van der Waals surface area (Å²) in [5.41, 5.74) is 2.68. The van der Waals surface area contributed by atoms with Crippen molar-refractivity contribution in [2.45, 2.75) is 31.5 Å². The molecule has 1 fully saturated rings. The van der Waals surface area contributed by atoms with E-state index in [9.17, 15) is 5.11 Å². The van der Waals surface area contributed by atoms with Gasteiger partial charge in [0, 0.05) is 31.7 Å². The number of aliphatic hydroxyl groups is 1. The molecule has 0 spiro atoms. The fourth-order valence-electron chi connectivity index (χ4n) is 3.47. The van der Waals surface area contributed by atoms with Crippen LogP contribution in [0, 0.1) is 0 Å². The second-order valence-corrected chi connectivity index (χ2v) is 6.29. The lowest BCUT2D eigenvalue weighted by atomic mass is 9.96. The van der Waals surface area contributed by atoms with Gasteiger partial charge in [0.25, 0.3) is 0 Å². The topological polar surface area (TPSA) is 35.5 Å². The molecule has 1 saturated heterocycles. The first-order valence-corrected chi connectivity index (χ1v) is 8.53. The summed E-state index contributed by atoms with van der Waals surface area (Å²) in [5.74, 6) is 0. The minimum absolute atomic E-state index is 0.188. The quantitative estimate of drug-likeness (QED) is 0.860. The fraction of sp³-hybridized carbons (Fsp3) is 0.400. The zero-order valence-corrected chi connectivity index (χ0v) is 13.6.